The predicted octanol–water partition coefficient (Wildman–Crippen LogP) is 15.9. The van der Waals surface area contributed by atoms with Gasteiger partial charge in [0.25, 0.3) is 6.33 Å². The first-order chi connectivity index (χ1) is 36.3. The number of fused-ring (bicyclic) bond motifs is 10. The van der Waals surface area contributed by atoms with E-state index in [9.17, 15) is 8.22 Å². The molecule has 5 heterocycles. The average molecular weight is 935 g/mol. The van der Waals surface area contributed by atoms with Gasteiger partial charge in [0, 0.05) is 83.9 Å². The highest BCUT2D eigenvalue weighted by Crippen LogP contribution is 2.43. The molecule has 5 aromatic heterocycles. The van der Waals surface area contributed by atoms with Crippen molar-refractivity contribution in [2.24, 2.45) is 14.0 Å². The number of pyridine rings is 1. The lowest BCUT2D eigenvalue weighted by molar-refractivity contribution is -0.564. The van der Waals surface area contributed by atoms with Crippen LogP contribution >= 0.6 is 0 Å². The smallest absolute Gasteiger partial charge is 0.255 e. The van der Waals surface area contributed by atoms with Crippen molar-refractivity contribution in [3.63, 3.8) is 0 Å². The molecule has 7 aromatic carbocycles. The van der Waals surface area contributed by atoms with Crippen LogP contribution in [0.3, 0.4) is 0 Å². The Morgan fingerprint density at radius 3 is 1.77 bits per heavy atom. The lowest BCUT2D eigenvalue weighted by atomic mass is 9.86. The van der Waals surface area contributed by atoms with Gasteiger partial charge in [0.1, 0.15) is 23.0 Å². The van der Waals surface area contributed by atoms with Crippen molar-refractivity contribution in [2.75, 3.05) is 0 Å². The molecule has 8 nitrogen and oxygen atoms in total. The zero-order valence-electron chi connectivity index (χ0n) is 47.5. The molecule has 0 saturated heterocycles. The topological polar surface area (TPSA) is 50.1 Å². The minimum absolute atomic E-state index is 0.0946. The molecule has 12 aromatic rings. The monoisotopic (exact) mass is 935 g/mol. The summed E-state index contributed by atoms with van der Waals surface area (Å²) in [6, 6.07) is 45.6. The first-order valence-corrected chi connectivity index (χ1v) is 24.1. The number of aromatic nitrogens is 6. The first kappa shape index (κ1) is 37.7. The van der Waals surface area contributed by atoms with Crippen LogP contribution in [0.15, 0.2) is 152 Å². The largest absolute Gasteiger partial charge is 0.458 e. The summed E-state index contributed by atoms with van der Waals surface area (Å²) >= 11 is 0. The van der Waals surface area contributed by atoms with Gasteiger partial charge in [-0.05, 0) is 118 Å². The normalized spacial score (nSPS) is 14.3. The molecule has 0 fully saturated rings. The highest BCUT2D eigenvalue weighted by molar-refractivity contribution is 6.22. The Balaban J connectivity index is 1.12. The predicted molar refractivity (Wildman–Crippen MR) is 294 cm³/mol. The highest BCUT2D eigenvalue weighted by Gasteiger charge is 2.30. The van der Waals surface area contributed by atoms with Gasteiger partial charge in [0.15, 0.2) is 22.4 Å². The zero-order chi connectivity index (χ0) is 54.5. The van der Waals surface area contributed by atoms with Crippen molar-refractivity contribution < 1.29 is 17.5 Å². The van der Waals surface area contributed by atoms with Gasteiger partial charge >= 0.3 is 0 Å². The fourth-order valence-electron chi connectivity index (χ4n) is 10.5. The quantitative estimate of drug-likeness (QED) is 0.128. The van der Waals surface area contributed by atoms with E-state index in [4.69, 9.17) is 16.3 Å². The van der Waals surface area contributed by atoms with Crippen LogP contribution in [0.4, 0.5) is 5.69 Å². The molecule has 350 valence electrons. The summed E-state index contributed by atoms with van der Waals surface area (Å²) in [7, 11) is 0. The molecule has 0 aliphatic carbocycles. The van der Waals surface area contributed by atoms with Crippen LogP contribution in [0.1, 0.15) is 87.2 Å². The third kappa shape index (κ3) is 6.93. The summed E-state index contributed by atoms with van der Waals surface area (Å²) < 4.78 is 70.9. The van der Waals surface area contributed by atoms with E-state index in [0.29, 0.717) is 66.9 Å². The summed E-state index contributed by atoms with van der Waals surface area (Å²) in [6.45, 7) is 22.3. The van der Waals surface area contributed by atoms with Crippen molar-refractivity contribution in [1.82, 2.24) is 23.3 Å². The molecular formula is C63H58N7O+. The summed E-state index contributed by atoms with van der Waals surface area (Å²) in [4.78, 5) is 8.79. The van der Waals surface area contributed by atoms with Crippen LogP contribution in [0, 0.1) is 6.57 Å². The maximum Gasteiger partial charge on any atom is 0.255 e. The zero-order valence-corrected chi connectivity index (χ0v) is 41.5. The van der Waals surface area contributed by atoms with Gasteiger partial charge in [-0.2, -0.15) is 9.13 Å². The Labute approximate surface area is 422 Å². The second-order valence-corrected chi connectivity index (χ2v) is 22.1. The summed E-state index contributed by atoms with van der Waals surface area (Å²) in [5.41, 5.74) is 8.99. The van der Waals surface area contributed by atoms with Crippen LogP contribution in [0.5, 0.6) is 11.5 Å². The third-order valence-electron chi connectivity index (χ3n) is 14.4. The second kappa shape index (κ2) is 15.4. The molecule has 0 aliphatic heterocycles. The number of hydrogen-bond acceptors (Lipinski definition) is 2. The fourth-order valence-corrected chi connectivity index (χ4v) is 10.5. The van der Waals surface area contributed by atoms with Gasteiger partial charge in [0.05, 0.1) is 28.6 Å². The molecule has 0 atom stereocenters. The Hall–Kier alpha value is -8.15. The fraction of sp³-hybridized carbons (Fsp3) is 0.222. The molecule has 0 amide bonds. The number of para-hydroxylation sites is 3. The lowest BCUT2D eigenvalue weighted by Crippen LogP contribution is -2.30. The van der Waals surface area contributed by atoms with Gasteiger partial charge in [-0.15, -0.1) is 0 Å². The Bertz CT molecular complexity index is 4360. The van der Waals surface area contributed by atoms with Crippen molar-refractivity contribution >= 4 is 82.1 Å². The van der Waals surface area contributed by atoms with E-state index in [1.165, 1.54) is 9.13 Å². The van der Waals surface area contributed by atoms with Crippen LogP contribution in [-0.4, -0.2) is 23.3 Å². The number of ether oxygens (including phenoxy) is 1. The van der Waals surface area contributed by atoms with Crippen molar-refractivity contribution in [2.45, 2.75) is 78.6 Å². The average Bonchev–Trinajstić information content (AvgIpc) is 4.27. The van der Waals surface area contributed by atoms with Crippen molar-refractivity contribution in [1.29, 1.82) is 0 Å². The molecule has 71 heavy (non-hydrogen) atoms. The van der Waals surface area contributed by atoms with E-state index in [-0.39, 0.29) is 16.2 Å². The maximum atomic E-state index is 9.22. The van der Waals surface area contributed by atoms with Crippen molar-refractivity contribution in [3.05, 3.63) is 180 Å². The summed E-state index contributed by atoms with van der Waals surface area (Å²) in [6.07, 6.45) is 3.73. The highest BCUT2D eigenvalue weighted by atomic mass is 16.5. The number of hydrogen-bond donors (Lipinski definition) is 0. The number of imidazole rings is 1. The second-order valence-electron chi connectivity index (χ2n) is 22.1. The van der Waals surface area contributed by atoms with Crippen LogP contribution in [0.25, 0.3) is 98.5 Å². The van der Waals surface area contributed by atoms with Gasteiger partial charge < -0.3 is 13.9 Å². The van der Waals surface area contributed by atoms with Gasteiger partial charge in [-0.1, -0.05) is 105 Å². The van der Waals surface area contributed by atoms with E-state index >= 15 is 0 Å². The SMILES string of the molecule is [2H]C([2H])([2H])n1c2ccc(C(C)(C)C)cc2c2cc3c4cc(C(C)(C)C)ccc4n(C([2H])([2H])[2H])c3c(-[n+]3cn(-c4cc([N+]#[C-])cc(Oc5ccc6c7ccccc7n(-c7cc(C(C)(C)C)ccn7)c6c5)c4)c4ccccc43)c21. The van der Waals surface area contributed by atoms with E-state index in [1.54, 1.807) is 12.1 Å². The van der Waals surface area contributed by atoms with Crippen LogP contribution in [-0.2, 0) is 30.2 Å². The standard InChI is InChI=1S/C63H58N7O/c1-61(2,3)38-21-25-51-47(29-38)49-36-50-48-30-39(62(4,5)6)22-26-52(48)67(12)59(50)60(58(49)66(51)11)69-37-68(54-19-15-16-20-55(54)69)42-32-41(64-10)33-44(34-42)71-43-23-24-46-45-17-13-14-18-53(45)70(56(46)35-43)57-31-40(27-28-65-57)63(7,8)9/h13-37H,1-9,11-12H3/q+1/i11D3,12D3. The number of nitrogens with zero attached hydrogens (tertiary/aromatic N) is 7. The van der Waals surface area contributed by atoms with Gasteiger partial charge in [0.2, 0.25) is 0 Å². The number of aryl methyl sites for hydroxylation is 2. The number of rotatable bonds is 5. The van der Waals surface area contributed by atoms with Crippen LogP contribution in [0.2, 0.25) is 0 Å². The molecule has 0 spiro atoms. The van der Waals surface area contributed by atoms with E-state index in [1.807, 2.05) is 107 Å². The Morgan fingerprint density at radius 2 is 1.14 bits per heavy atom. The van der Waals surface area contributed by atoms with Crippen molar-refractivity contribution in [3.8, 4) is 28.7 Å². The minimum Gasteiger partial charge on any atom is -0.458 e. The molecule has 0 bridgehead atoms. The van der Waals surface area contributed by atoms with E-state index in [2.05, 4.69) is 114 Å². The van der Waals surface area contributed by atoms with Crippen LogP contribution < -0.4 is 9.30 Å². The molecule has 0 unspecified atom stereocenters. The maximum absolute atomic E-state index is 9.22. The first-order valence-electron chi connectivity index (χ1n) is 27.1. The molecule has 0 saturated carbocycles. The summed E-state index contributed by atoms with van der Waals surface area (Å²) in [5.74, 6) is 1.77. The molecule has 12 rings (SSSR count). The third-order valence-corrected chi connectivity index (χ3v) is 14.4. The van der Waals surface area contributed by atoms with E-state index < -0.39 is 14.0 Å². The Kier molecular flexibility index (Phi) is 8.19. The van der Waals surface area contributed by atoms with Gasteiger partial charge in [-0.3, -0.25) is 4.57 Å². The van der Waals surface area contributed by atoms with E-state index in [0.717, 1.165) is 60.6 Å². The molecular weight excluding hydrogens is 871 g/mol. The molecule has 0 aliphatic rings. The molecule has 0 N–H and O–H groups in total. The minimum atomic E-state index is -2.69. The summed E-state index contributed by atoms with van der Waals surface area (Å²) in [5, 5.41) is 4.98. The molecule has 8 heteroatoms. The lowest BCUT2D eigenvalue weighted by Gasteiger charge is -2.20. The van der Waals surface area contributed by atoms with Gasteiger partial charge in [-0.25, -0.2) is 9.83 Å². The number of benzene rings is 7. The Morgan fingerprint density at radius 1 is 0.535 bits per heavy atom. The molecule has 0 radical (unpaired) electrons.